The molecule has 12 heavy (non-hydrogen) atoms. The van der Waals surface area contributed by atoms with E-state index in [1.807, 2.05) is 0 Å². The van der Waals surface area contributed by atoms with Crippen LogP contribution in [0, 0.1) is 0 Å². The van der Waals surface area contributed by atoms with Crippen molar-refractivity contribution in [2.75, 3.05) is 7.11 Å². The number of rotatable bonds is 6. The molecule has 0 saturated heterocycles. The zero-order chi connectivity index (χ0) is 9.56. The fraction of sp³-hybridized carbons (Fsp3) is 0.600. The monoisotopic (exact) mass is 174 g/mol. The normalized spacial score (nSPS) is 12.1. The van der Waals surface area contributed by atoms with Gasteiger partial charge in [-0.1, -0.05) is 0 Å². The zero-order valence-corrected chi connectivity index (χ0v) is 6.74. The molecule has 0 unspecified atom stereocenters. The van der Waals surface area contributed by atoms with Crippen LogP contribution in [0.15, 0.2) is 0 Å². The van der Waals surface area contributed by atoms with Crippen molar-refractivity contribution in [3.63, 3.8) is 0 Å². The number of nitrogens with one attached hydrogen (secondary N) is 1. The fourth-order valence-electron chi connectivity index (χ4n) is 0.632. The Bertz CT molecular complexity index is 175. The Labute approximate surface area is 70.4 Å². The molecule has 0 aliphatic rings. The van der Waals surface area contributed by atoms with Gasteiger partial charge in [-0.15, -0.1) is 0 Å². The molecule has 0 spiro atoms. The van der Waals surface area contributed by atoms with Crippen molar-refractivity contribution in [1.82, 2.24) is 5.23 Å². The van der Waals surface area contributed by atoms with Crippen LogP contribution in [0.1, 0.15) is 6.42 Å². The summed E-state index contributed by atoms with van der Waals surface area (Å²) in [4.78, 5) is 20.8. The largest absolute Gasteiger partial charge is 0.480 e. The summed E-state index contributed by atoms with van der Waals surface area (Å²) in [6.45, 7) is 0. The summed E-state index contributed by atoms with van der Waals surface area (Å²) in [6, 6.07) is -0.970. The first-order chi connectivity index (χ1) is 5.57. The lowest BCUT2D eigenvalue weighted by Gasteiger charge is -2.10. The van der Waals surface area contributed by atoms with Gasteiger partial charge in [0, 0.05) is 7.11 Å². The minimum absolute atomic E-state index is 0.0737. The average molecular weight is 174 g/mol. The number of aliphatic carboxylic acids is 1. The summed E-state index contributed by atoms with van der Waals surface area (Å²) in [5.74, 6) is -1.78. The number of primary amides is 1. The van der Waals surface area contributed by atoms with Gasteiger partial charge in [-0.2, -0.15) is 0 Å². The molecule has 1 atom stereocenters. The maximum Gasteiger partial charge on any atom is 0.361 e. The Morgan fingerprint density at radius 3 is 2.67 bits per heavy atom. The Balaban J connectivity index is 3.87. The van der Waals surface area contributed by atoms with E-state index in [1.165, 1.54) is 7.11 Å². The molecule has 0 aliphatic heterocycles. The van der Waals surface area contributed by atoms with E-state index in [1.54, 1.807) is 0 Å². The molecule has 0 aliphatic carbocycles. The van der Waals surface area contributed by atoms with Crippen LogP contribution in [0.5, 0.6) is 0 Å². The van der Waals surface area contributed by atoms with Gasteiger partial charge in [0.25, 0.3) is 0 Å². The van der Waals surface area contributed by atoms with Crippen LogP contribution in [0.4, 0.5) is 0 Å². The van der Waals surface area contributed by atoms with Gasteiger partial charge >= 0.3 is 13.6 Å². The standard InChI is InChI=1S/C5H11BN2O4/c1-12-6-8-3(5(10)11)2-4(7)9/h3,6,8H,2H2,1H3,(H2,7,9)(H,10,11)/t3-/m1/s1. The molecular formula is C5H11BN2O4. The number of hydrogen-bond donors (Lipinski definition) is 3. The lowest BCUT2D eigenvalue weighted by atomic mass is 10.1. The van der Waals surface area contributed by atoms with Crippen LogP contribution in [0.25, 0.3) is 0 Å². The SMILES string of the molecule is COBN[C@H](CC(N)=O)C(=O)O. The number of carboxylic acid groups (broad SMARTS) is 1. The van der Waals surface area contributed by atoms with E-state index in [4.69, 9.17) is 10.8 Å². The third kappa shape index (κ3) is 4.70. The predicted octanol–water partition coefficient (Wildman–Crippen LogP) is -2.18. The smallest absolute Gasteiger partial charge is 0.361 e. The Kier molecular flexibility index (Phi) is 5.06. The van der Waals surface area contributed by atoms with Crippen molar-refractivity contribution in [1.29, 1.82) is 0 Å². The minimum Gasteiger partial charge on any atom is -0.480 e. The highest BCUT2D eigenvalue weighted by molar-refractivity contribution is 6.24. The van der Waals surface area contributed by atoms with Crippen molar-refractivity contribution in [3.05, 3.63) is 0 Å². The first-order valence-corrected chi connectivity index (χ1v) is 3.31. The minimum atomic E-state index is -1.12. The number of amides is 1. The molecule has 0 aromatic heterocycles. The lowest BCUT2D eigenvalue weighted by Crippen LogP contribution is -2.42. The van der Waals surface area contributed by atoms with E-state index in [2.05, 4.69) is 9.88 Å². The van der Waals surface area contributed by atoms with Gasteiger partial charge in [-0.25, -0.2) is 0 Å². The van der Waals surface area contributed by atoms with E-state index in [-0.39, 0.29) is 14.0 Å². The van der Waals surface area contributed by atoms with Gasteiger partial charge < -0.3 is 20.7 Å². The Morgan fingerprint density at radius 1 is 1.75 bits per heavy atom. The van der Waals surface area contributed by atoms with Gasteiger partial charge in [0.1, 0.15) is 6.04 Å². The van der Waals surface area contributed by atoms with Gasteiger partial charge in [-0.05, 0) is 0 Å². The third-order valence-corrected chi connectivity index (χ3v) is 1.18. The van der Waals surface area contributed by atoms with E-state index < -0.39 is 17.9 Å². The summed E-state index contributed by atoms with van der Waals surface area (Å²) in [6.07, 6.45) is -0.237. The van der Waals surface area contributed by atoms with Crippen molar-refractivity contribution < 1.29 is 19.3 Å². The highest BCUT2D eigenvalue weighted by Crippen LogP contribution is 1.89. The molecule has 1 amide bonds. The van der Waals surface area contributed by atoms with Crippen molar-refractivity contribution >= 4 is 19.5 Å². The second kappa shape index (κ2) is 5.56. The maximum atomic E-state index is 10.4. The summed E-state index contributed by atoms with van der Waals surface area (Å²) >= 11 is 0. The van der Waals surface area contributed by atoms with Crippen LogP contribution in [-0.4, -0.2) is 37.8 Å². The fourth-order valence-corrected chi connectivity index (χ4v) is 0.632. The molecule has 0 heterocycles. The number of hydrogen-bond acceptors (Lipinski definition) is 4. The van der Waals surface area contributed by atoms with Crippen molar-refractivity contribution in [2.24, 2.45) is 5.73 Å². The van der Waals surface area contributed by atoms with Gasteiger partial charge in [0.15, 0.2) is 0 Å². The Morgan fingerprint density at radius 2 is 2.33 bits per heavy atom. The molecule has 68 valence electrons. The predicted molar refractivity (Wildman–Crippen MR) is 42.5 cm³/mol. The van der Waals surface area contributed by atoms with Crippen LogP contribution in [0.3, 0.4) is 0 Å². The average Bonchev–Trinajstić information content (AvgIpc) is 1.96. The molecule has 0 bridgehead atoms. The molecule has 4 N–H and O–H groups in total. The molecule has 0 aromatic rings. The second-order valence-electron chi connectivity index (χ2n) is 2.20. The number of carbonyl (C=O) groups excluding carboxylic acids is 1. The molecular weight excluding hydrogens is 163 g/mol. The van der Waals surface area contributed by atoms with E-state index >= 15 is 0 Å². The number of carboxylic acids is 1. The quantitative estimate of drug-likeness (QED) is 0.397. The molecule has 0 radical (unpaired) electrons. The van der Waals surface area contributed by atoms with Crippen LogP contribution < -0.4 is 11.0 Å². The van der Waals surface area contributed by atoms with E-state index in [9.17, 15) is 9.59 Å². The van der Waals surface area contributed by atoms with E-state index in [0.29, 0.717) is 0 Å². The third-order valence-electron chi connectivity index (χ3n) is 1.18. The topological polar surface area (TPSA) is 102 Å². The Hall–Kier alpha value is -1.08. The van der Waals surface area contributed by atoms with Gasteiger partial charge in [-0.3, -0.25) is 9.59 Å². The highest BCUT2D eigenvalue weighted by atomic mass is 16.4. The van der Waals surface area contributed by atoms with Crippen molar-refractivity contribution in [2.45, 2.75) is 12.5 Å². The summed E-state index contributed by atoms with van der Waals surface area (Å²) in [5, 5.41) is 11.0. The molecule has 0 aromatic carbocycles. The first kappa shape index (κ1) is 10.9. The summed E-state index contributed by atoms with van der Waals surface area (Å²) in [7, 11) is 1.49. The maximum absolute atomic E-state index is 10.4. The van der Waals surface area contributed by atoms with Gasteiger partial charge in [0.2, 0.25) is 5.91 Å². The summed E-state index contributed by atoms with van der Waals surface area (Å²) in [5.41, 5.74) is 4.82. The second-order valence-corrected chi connectivity index (χ2v) is 2.20. The highest BCUT2D eigenvalue weighted by Gasteiger charge is 2.18. The van der Waals surface area contributed by atoms with Gasteiger partial charge in [0.05, 0.1) is 6.42 Å². The van der Waals surface area contributed by atoms with Crippen LogP contribution >= 0.6 is 0 Å². The molecule has 0 saturated carbocycles. The van der Waals surface area contributed by atoms with Crippen molar-refractivity contribution in [3.8, 4) is 0 Å². The number of carbonyl (C=O) groups is 2. The molecule has 0 fully saturated rings. The molecule has 0 rings (SSSR count). The first-order valence-electron chi connectivity index (χ1n) is 3.31. The van der Waals surface area contributed by atoms with E-state index in [0.717, 1.165) is 0 Å². The number of nitrogens with two attached hydrogens (primary N) is 1. The zero-order valence-electron chi connectivity index (χ0n) is 6.74. The lowest BCUT2D eigenvalue weighted by molar-refractivity contribution is -0.140. The van der Waals surface area contributed by atoms with Crippen LogP contribution in [0.2, 0.25) is 0 Å². The molecule has 6 nitrogen and oxygen atoms in total. The van der Waals surface area contributed by atoms with Crippen LogP contribution in [-0.2, 0) is 14.2 Å². The summed E-state index contributed by atoms with van der Waals surface area (Å²) < 4.78 is 4.58. The molecule has 7 heteroatoms.